The van der Waals surface area contributed by atoms with Crippen LogP contribution in [0.3, 0.4) is 0 Å². The van der Waals surface area contributed by atoms with Gasteiger partial charge in [-0.2, -0.15) is 0 Å². The molecule has 0 atom stereocenters. The summed E-state index contributed by atoms with van der Waals surface area (Å²) in [4.78, 5) is 23.0. The molecule has 0 unspecified atom stereocenters. The van der Waals surface area contributed by atoms with E-state index >= 15 is 0 Å². The van der Waals surface area contributed by atoms with Gasteiger partial charge in [-0.3, -0.25) is 9.79 Å². The van der Waals surface area contributed by atoms with Crippen molar-refractivity contribution in [3.63, 3.8) is 0 Å². The third-order valence-corrected chi connectivity index (χ3v) is 4.77. The fourth-order valence-corrected chi connectivity index (χ4v) is 2.90. The second-order valence-electron chi connectivity index (χ2n) is 5.94. The molecule has 0 bridgehead atoms. The Morgan fingerprint density at radius 2 is 2.21 bits per heavy atom. The average Bonchev–Trinajstić information content (AvgIpc) is 3.30. The van der Waals surface area contributed by atoms with Crippen LogP contribution >= 0.6 is 11.3 Å². The fourth-order valence-electron chi connectivity index (χ4n) is 2.18. The quantitative estimate of drug-likeness (QED) is 0.395. The number of guanidine groups is 1. The predicted molar refractivity (Wildman–Crippen MR) is 96.7 cm³/mol. The zero-order chi connectivity index (χ0) is 17.4. The predicted octanol–water partition coefficient (Wildman–Crippen LogP) is 1.12. The number of hydrogen-bond donors (Lipinski definition) is 2. The summed E-state index contributed by atoms with van der Waals surface area (Å²) in [5.74, 6) is 1.51. The minimum atomic E-state index is -0.0754. The highest BCUT2D eigenvalue weighted by molar-refractivity contribution is 7.11. The van der Waals surface area contributed by atoms with E-state index < -0.39 is 0 Å². The van der Waals surface area contributed by atoms with Crippen LogP contribution in [0.15, 0.2) is 10.5 Å². The number of rotatable bonds is 9. The van der Waals surface area contributed by atoms with Crippen LogP contribution in [0.1, 0.15) is 28.2 Å². The van der Waals surface area contributed by atoms with Crippen LogP contribution in [0.25, 0.3) is 0 Å². The molecule has 7 nitrogen and oxygen atoms in total. The number of aromatic nitrogens is 1. The molecule has 8 heteroatoms. The average molecular weight is 353 g/mol. The standard InChI is InChI=1S/C16H27N5O2S/c1-12-14(24-11-20-12)15(22)18-6-7-19-16(17-2)21(3)8-9-23-10-13-4-5-13/h11,13H,4-10H2,1-3H3,(H,17,19)(H,18,22). The summed E-state index contributed by atoms with van der Waals surface area (Å²) in [5.41, 5.74) is 2.46. The Labute approximate surface area is 147 Å². The van der Waals surface area contributed by atoms with Gasteiger partial charge in [0.25, 0.3) is 5.91 Å². The number of aliphatic imine (C=N–C) groups is 1. The van der Waals surface area contributed by atoms with Gasteiger partial charge in [0, 0.05) is 40.3 Å². The lowest BCUT2D eigenvalue weighted by molar-refractivity contribution is 0.0957. The molecule has 0 radical (unpaired) electrons. The van der Waals surface area contributed by atoms with E-state index in [-0.39, 0.29) is 5.91 Å². The van der Waals surface area contributed by atoms with E-state index in [2.05, 4.69) is 20.6 Å². The summed E-state index contributed by atoms with van der Waals surface area (Å²) in [6.07, 6.45) is 2.62. The van der Waals surface area contributed by atoms with E-state index in [0.29, 0.717) is 24.6 Å². The Morgan fingerprint density at radius 3 is 2.83 bits per heavy atom. The first-order valence-corrected chi connectivity index (χ1v) is 9.17. The molecule has 0 aliphatic heterocycles. The molecule has 2 N–H and O–H groups in total. The molecule has 1 aromatic heterocycles. The number of aryl methyl sites for hydroxylation is 1. The zero-order valence-electron chi connectivity index (χ0n) is 14.7. The van der Waals surface area contributed by atoms with E-state index in [1.54, 1.807) is 12.6 Å². The largest absolute Gasteiger partial charge is 0.379 e. The van der Waals surface area contributed by atoms with E-state index in [9.17, 15) is 4.79 Å². The Bertz CT molecular complexity index is 556. The van der Waals surface area contributed by atoms with Crippen LogP contribution in [0.5, 0.6) is 0 Å². The molecule has 24 heavy (non-hydrogen) atoms. The van der Waals surface area contributed by atoms with Gasteiger partial charge in [0.2, 0.25) is 0 Å². The third kappa shape index (κ3) is 6.09. The Balaban J connectivity index is 1.60. The van der Waals surface area contributed by atoms with Gasteiger partial charge in [-0.15, -0.1) is 11.3 Å². The first-order valence-electron chi connectivity index (χ1n) is 8.29. The summed E-state index contributed by atoms with van der Waals surface area (Å²) in [6.45, 7) is 5.35. The fraction of sp³-hybridized carbons (Fsp3) is 0.688. The Hall–Kier alpha value is -1.67. The molecule has 0 saturated heterocycles. The monoisotopic (exact) mass is 353 g/mol. The Kier molecular flexibility index (Phi) is 7.45. The maximum absolute atomic E-state index is 12.0. The summed E-state index contributed by atoms with van der Waals surface area (Å²) < 4.78 is 5.65. The van der Waals surface area contributed by atoms with E-state index in [1.165, 1.54) is 24.2 Å². The molecular weight excluding hydrogens is 326 g/mol. The van der Waals surface area contributed by atoms with Crippen molar-refractivity contribution >= 4 is 23.2 Å². The molecule has 1 aliphatic rings. The van der Waals surface area contributed by atoms with Crippen molar-refractivity contribution in [2.45, 2.75) is 19.8 Å². The van der Waals surface area contributed by atoms with Gasteiger partial charge in [-0.25, -0.2) is 4.98 Å². The minimum Gasteiger partial charge on any atom is -0.379 e. The maximum Gasteiger partial charge on any atom is 0.263 e. The number of nitrogens with one attached hydrogen (secondary N) is 2. The van der Waals surface area contributed by atoms with Crippen LogP contribution in [-0.4, -0.2) is 68.7 Å². The third-order valence-electron chi connectivity index (χ3n) is 3.84. The number of carbonyl (C=O) groups excluding carboxylic acids is 1. The lowest BCUT2D eigenvalue weighted by Gasteiger charge is -2.22. The van der Waals surface area contributed by atoms with Crippen molar-refractivity contribution in [3.8, 4) is 0 Å². The van der Waals surface area contributed by atoms with Crippen molar-refractivity contribution in [1.82, 2.24) is 20.5 Å². The molecule has 0 spiro atoms. The van der Waals surface area contributed by atoms with Gasteiger partial charge in [0.1, 0.15) is 4.88 Å². The van der Waals surface area contributed by atoms with Gasteiger partial charge >= 0.3 is 0 Å². The minimum absolute atomic E-state index is 0.0754. The van der Waals surface area contributed by atoms with E-state index in [4.69, 9.17) is 4.74 Å². The Morgan fingerprint density at radius 1 is 1.46 bits per heavy atom. The van der Waals surface area contributed by atoms with E-state index in [1.807, 2.05) is 18.9 Å². The second-order valence-corrected chi connectivity index (χ2v) is 6.79. The highest BCUT2D eigenvalue weighted by Gasteiger charge is 2.21. The van der Waals surface area contributed by atoms with Crippen molar-refractivity contribution in [2.24, 2.45) is 10.9 Å². The summed E-state index contributed by atoms with van der Waals surface area (Å²) >= 11 is 1.36. The molecule has 2 rings (SSSR count). The molecule has 1 fully saturated rings. The van der Waals surface area contributed by atoms with Crippen LogP contribution in [-0.2, 0) is 4.74 Å². The highest BCUT2D eigenvalue weighted by Crippen LogP contribution is 2.28. The SMILES string of the molecule is CN=C(NCCNC(=O)c1scnc1C)N(C)CCOCC1CC1. The number of ether oxygens (including phenoxy) is 1. The molecule has 1 saturated carbocycles. The molecular formula is C16H27N5O2S. The lowest BCUT2D eigenvalue weighted by atomic mass is 10.4. The molecule has 1 heterocycles. The van der Waals surface area contributed by atoms with Crippen molar-refractivity contribution < 1.29 is 9.53 Å². The summed E-state index contributed by atoms with van der Waals surface area (Å²) in [6, 6.07) is 0. The van der Waals surface area contributed by atoms with Crippen molar-refractivity contribution in [1.29, 1.82) is 0 Å². The van der Waals surface area contributed by atoms with Crippen LogP contribution in [0.2, 0.25) is 0 Å². The zero-order valence-corrected chi connectivity index (χ0v) is 15.5. The molecule has 134 valence electrons. The summed E-state index contributed by atoms with van der Waals surface area (Å²) in [7, 11) is 3.73. The smallest absolute Gasteiger partial charge is 0.263 e. The molecule has 1 amide bonds. The maximum atomic E-state index is 12.0. The van der Waals surface area contributed by atoms with Crippen molar-refractivity contribution in [2.75, 3.05) is 46.9 Å². The first-order chi connectivity index (χ1) is 11.6. The van der Waals surface area contributed by atoms with Gasteiger partial charge in [-0.1, -0.05) is 0 Å². The number of likely N-dealkylation sites (N-methyl/N-ethyl adjacent to an activating group) is 1. The summed E-state index contributed by atoms with van der Waals surface area (Å²) in [5, 5.41) is 6.13. The van der Waals surface area contributed by atoms with Gasteiger partial charge < -0.3 is 20.3 Å². The van der Waals surface area contributed by atoms with Crippen molar-refractivity contribution in [3.05, 3.63) is 16.1 Å². The van der Waals surface area contributed by atoms with Crippen LogP contribution in [0, 0.1) is 12.8 Å². The molecule has 1 aliphatic carbocycles. The van der Waals surface area contributed by atoms with Gasteiger partial charge in [0.05, 0.1) is 17.8 Å². The van der Waals surface area contributed by atoms with Crippen LogP contribution in [0.4, 0.5) is 0 Å². The normalized spacial score (nSPS) is 14.5. The highest BCUT2D eigenvalue weighted by atomic mass is 32.1. The van der Waals surface area contributed by atoms with Gasteiger partial charge in [0.15, 0.2) is 5.96 Å². The molecule has 1 aromatic rings. The number of hydrogen-bond acceptors (Lipinski definition) is 5. The van der Waals surface area contributed by atoms with Crippen LogP contribution < -0.4 is 10.6 Å². The first kappa shape index (κ1) is 18.7. The number of nitrogens with zero attached hydrogens (tertiary/aromatic N) is 3. The lowest BCUT2D eigenvalue weighted by Crippen LogP contribution is -2.43. The number of amides is 1. The topological polar surface area (TPSA) is 78.8 Å². The van der Waals surface area contributed by atoms with Gasteiger partial charge in [-0.05, 0) is 25.7 Å². The molecule has 0 aromatic carbocycles. The second kappa shape index (κ2) is 9.58. The van der Waals surface area contributed by atoms with E-state index in [0.717, 1.165) is 30.7 Å². The number of carbonyl (C=O) groups is 1. The number of thiazole rings is 1.